The summed E-state index contributed by atoms with van der Waals surface area (Å²) in [6.45, 7) is 3.11. The molecule has 1 aliphatic heterocycles. The van der Waals surface area contributed by atoms with Crippen molar-refractivity contribution in [1.29, 1.82) is 0 Å². The van der Waals surface area contributed by atoms with Crippen molar-refractivity contribution in [2.45, 2.75) is 25.9 Å². The minimum atomic E-state index is 0.0311. The summed E-state index contributed by atoms with van der Waals surface area (Å²) in [5.74, 6) is 0.155. The van der Waals surface area contributed by atoms with Crippen molar-refractivity contribution in [3.05, 3.63) is 69.7 Å². The van der Waals surface area contributed by atoms with E-state index in [1.807, 2.05) is 48.5 Å². The van der Waals surface area contributed by atoms with Crippen LogP contribution in [-0.4, -0.2) is 23.9 Å². The van der Waals surface area contributed by atoms with Crippen molar-refractivity contribution < 1.29 is 4.79 Å². The molecule has 0 saturated carbocycles. The number of carbonyl (C=O) groups excluding carboxylic acids is 1. The first kappa shape index (κ1) is 18.2. The Morgan fingerprint density at radius 3 is 2.64 bits per heavy atom. The molecular formula is C20H22Cl2N2O. The third-order valence-corrected chi connectivity index (χ3v) is 5.23. The van der Waals surface area contributed by atoms with Gasteiger partial charge in [-0.15, -0.1) is 0 Å². The number of nitrogens with one attached hydrogen (secondary N) is 1. The highest BCUT2D eigenvalue weighted by Gasteiger charge is 2.25. The van der Waals surface area contributed by atoms with Gasteiger partial charge >= 0.3 is 0 Å². The lowest BCUT2D eigenvalue weighted by molar-refractivity contribution is -0.126. The number of halogens is 2. The molecule has 25 heavy (non-hydrogen) atoms. The molecule has 0 aliphatic carbocycles. The van der Waals surface area contributed by atoms with Gasteiger partial charge in [0.1, 0.15) is 0 Å². The van der Waals surface area contributed by atoms with Gasteiger partial charge in [-0.25, -0.2) is 0 Å². The molecule has 0 radical (unpaired) electrons. The van der Waals surface area contributed by atoms with Gasteiger partial charge < -0.3 is 5.32 Å². The second-order valence-electron chi connectivity index (χ2n) is 6.51. The highest BCUT2D eigenvalue weighted by molar-refractivity contribution is 6.31. The summed E-state index contributed by atoms with van der Waals surface area (Å²) in [7, 11) is 0. The summed E-state index contributed by atoms with van der Waals surface area (Å²) >= 11 is 12.1. The van der Waals surface area contributed by atoms with Gasteiger partial charge in [0.2, 0.25) is 5.91 Å². The molecule has 0 spiro atoms. The summed E-state index contributed by atoms with van der Waals surface area (Å²) in [5.41, 5.74) is 2.17. The van der Waals surface area contributed by atoms with Crippen LogP contribution in [-0.2, 0) is 17.9 Å². The lowest BCUT2D eigenvalue weighted by Gasteiger charge is -2.32. The van der Waals surface area contributed by atoms with Crippen LogP contribution in [0.25, 0.3) is 0 Å². The average Bonchev–Trinajstić information content (AvgIpc) is 2.63. The first-order valence-electron chi connectivity index (χ1n) is 8.60. The van der Waals surface area contributed by atoms with Crippen molar-refractivity contribution in [2.75, 3.05) is 13.1 Å². The second kappa shape index (κ2) is 8.70. The van der Waals surface area contributed by atoms with Gasteiger partial charge in [-0.1, -0.05) is 53.5 Å². The number of carbonyl (C=O) groups is 1. The van der Waals surface area contributed by atoms with Crippen molar-refractivity contribution in [3.8, 4) is 0 Å². The van der Waals surface area contributed by atoms with Gasteiger partial charge in [0.25, 0.3) is 0 Å². The normalized spacial score (nSPS) is 18.1. The van der Waals surface area contributed by atoms with Crippen LogP contribution in [0.15, 0.2) is 48.5 Å². The standard InChI is InChI=1S/C20H22Cl2N2O/c21-18-9-7-15(8-10-18)12-23-20(25)17-5-3-11-24(14-17)13-16-4-1-2-6-19(16)22/h1-2,4,6-10,17H,3,5,11-14H2,(H,23,25)/t17-/m0/s1. The van der Waals surface area contributed by atoms with E-state index in [9.17, 15) is 4.79 Å². The fourth-order valence-corrected chi connectivity index (χ4v) is 3.54. The fraction of sp³-hybridized carbons (Fsp3) is 0.350. The van der Waals surface area contributed by atoms with Crippen molar-refractivity contribution in [3.63, 3.8) is 0 Å². The quantitative estimate of drug-likeness (QED) is 0.831. The van der Waals surface area contributed by atoms with E-state index >= 15 is 0 Å². The fourth-order valence-electron chi connectivity index (χ4n) is 3.22. The Morgan fingerprint density at radius 1 is 1.12 bits per heavy atom. The van der Waals surface area contributed by atoms with E-state index in [-0.39, 0.29) is 11.8 Å². The van der Waals surface area contributed by atoms with Crippen molar-refractivity contribution >= 4 is 29.1 Å². The highest BCUT2D eigenvalue weighted by Crippen LogP contribution is 2.22. The third kappa shape index (κ3) is 5.21. The maximum absolute atomic E-state index is 12.5. The summed E-state index contributed by atoms with van der Waals surface area (Å²) in [6, 6.07) is 15.5. The molecule has 1 amide bonds. The van der Waals surface area contributed by atoms with Crippen LogP contribution in [0.1, 0.15) is 24.0 Å². The summed E-state index contributed by atoms with van der Waals surface area (Å²) in [5, 5.41) is 4.54. The van der Waals surface area contributed by atoms with Gasteiger partial charge in [0.15, 0.2) is 0 Å². The molecule has 1 aliphatic rings. The van der Waals surface area contributed by atoms with E-state index in [0.29, 0.717) is 11.6 Å². The van der Waals surface area contributed by atoms with E-state index in [1.165, 1.54) is 0 Å². The second-order valence-corrected chi connectivity index (χ2v) is 7.35. The molecule has 1 atom stereocenters. The predicted molar refractivity (Wildman–Crippen MR) is 103 cm³/mol. The summed E-state index contributed by atoms with van der Waals surface area (Å²) < 4.78 is 0. The Labute approximate surface area is 158 Å². The topological polar surface area (TPSA) is 32.3 Å². The van der Waals surface area contributed by atoms with Crippen LogP contribution < -0.4 is 5.32 Å². The van der Waals surface area contributed by atoms with Crippen molar-refractivity contribution in [1.82, 2.24) is 10.2 Å². The predicted octanol–water partition coefficient (Wildman–Crippen LogP) is 4.52. The molecule has 2 aromatic rings. The van der Waals surface area contributed by atoms with Gasteiger partial charge in [0, 0.05) is 29.7 Å². The number of nitrogens with zero attached hydrogens (tertiary/aromatic N) is 1. The number of hydrogen-bond donors (Lipinski definition) is 1. The maximum Gasteiger partial charge on any atom is 0.224 e. The molecule has 1 N–H and O–H groups in total. The number of amides is 1. The molecule has 2 aromatic carbocycles. The van der Waals surface area contributed by atoms with E-state index in [1.54, 1.807) is 0 Å². The smallest absolute Gasteiger partial charge is 0.224 e. The molecule has 132 valence electrons. The monoisotopic (exact) mass is 376 g/mol. The molecule has 1 fully saturated rings. The zero-order valence-corrected chi connectivity index (χ0v) is 15.6. The van der Waals surface area contributed by atoms with Crippen LogP contribution in [0.5, 0.6) is 0 Å². The van der Waals surface area contributed by atoms with E-state index < -0.39 is 0 Å². The largest absolute Gasteiger partial charge is 0.352 e. The maximum atomic E-state index is 12.5. The number of rotatable bonds is 5. The number of benzene rings is 2. The number of piperidine rings is 1. The Bertz CT molecular complexity index is 718. The molecule has 0 aromatic heterocycles. The van der Waals surface area contributed by atoms with Gasteiger partial charge in [0.05, 0.1) is 5.92 Å². The van der Waals surface area contributed by atoms with Crippen LogP contribution in [0.3, 0.4) is 0 Å². The molecular weight excluding hydrogens is 355 g/mol. The molecule has 3 nitrogen and oxygen atoms in total. The molecule has 0 unspecified atom stereocenters. The first-order valence-corrected chi connectivity index (χ1v) is 9.35. The van der Waals surface area contributed by atoms with Crippen LogP contribution in [0, 0.1) is 5.92 Å². The number of hydrogen-bond acceptors (Lipinski definition) is 2. The minimum Gasteiger partial charge on any atom is -0.352 e. The van der Waals surface area contributed by atoms with Crippen molar-refractivity contribution in [2.24, 2.45) is 5.92 Å². The molecule has 0 bridgehead atoms. The van der Waals surface area contributed by atoms with Gasteiger partial charge in [-0.2, -0.15) is 0 Å². The lowest BCUT2D eigenvalue weighted by atomic mass is 9.96. The SMILES string of the molecule is O=C(NCc1ccc(Cl)cc1)[C@H]1CCCN(Cc2ccccc2Cl)C1. The molecule has 1 saturated heterocycles. The van der Waals surface area contributed by atoms with E-state index in [0.717, 1.165) is 48.6 Å². The zero-order chi connectivity index (χ0) is 17.6. The van der Waals surface area contributed by atoms with Crippen LogP contribution >= 0.6 is 23.2 Å². The third-order valence-electron chi connectivity index (χ3n) is 4.61. The highest BCUT2D eigenvalue weighted by atomic mass is 35.5. The summed E-state index contributed by atoms with van der Waals surface area (Å²) in [4.78, 5) is 14.8. The minimum absolute atomic E-state index is 0.0311. The van der Waals surface area contributed by atoms with Gasteiger partial charge in [-0.3, -0.25) is 9.69 Å². The number of likely N-dealkylation sites (tertiary alicyclic amines) is 1. The average molecular weight is 377 g/mol. The van der Waals surface area contributed by atoms with E-state index in [4.69, 9.17) is 23.2 Å². The van der Waals surface area contributed by atoms with Crippen LogP contribution in [0.2, 0.25) is 10.0 Å². The Kier molecular flexibility index (Phi) is 6.35. The van der Waals surface area contributed by atoms with Crippen LogP contribution in [0.4, 0.5) is 0 Å². The molecule has 1 heterocycles. The first-order chi connectivity index (χ1) is 12.1. The Morgan fingerprint density at radius 2 is 1.88 bits per heavy atom. The van der Waals surface area contributed by atoms with E-state index in [2.05, 4.69) is 10.2 Å². The Balaban J connectivity index is 1.52. The lowest BCUT2D eigenvalue weighted by Crippen LogP contribution is -2.42. The summed E-state index contributed by atoms with van der Waals surface area (Å²) in [6.07, 6.45) is 1.97. The molecule has 3 rings (SSSR count). The van der Waals surface area contributed by atoms with Gasteiger partial charge in [-0.05, 0) is 48.7 Å². The zero-order valence-electron chi connectivity index (χ0n) is 14.1. The Hall–Kier alpha value is -1.55. The molecule has 5 heteroatoms.